The molecule has 35 heavy (non-hydrogen) atoms. The molecule has 1 aliphatic heterocycles. The van der Waals surface area contributed by atoms with Crippen molar-refractivity contribution in [2.24, 2.45) is 28.6 Å². The zero-order chi connectivity index (χ0) is 25.2. The molecule has 6 unspecified atom stereocenters. The van der Waals surface area contributed by atoms with Crippen molar-refractivity contribution in [3.05, 3.63) is 0 Å². The maximum atomic E-state index is 13.3. The zero-order valence-corrected chi connectivity index (χ0v) is 22.1. The van der Waals surface area contributed by atoms with Crippen LogP contribution < -0.4 is 5.32 Å². The van der Waals surface area contributed by atoms with Crippen LogP contribution >= 0.6 is 0 Å². The number of hydrogen-bond donors (Lipinski definition) is 3. The van der Waals surface area contributed by atoms with Crippen LogP contribution in [0.5, 0.6) is 0 Å². The lowest BCUT2D eigenvalue weighted by Gasteiger charge is -2.60. The SMILES string of the molecule is CC1CCN(C(=O)CC2C(O)CCC3C(C)(CO)C(OC(=O)NC4CCCCC4)CCC23C)CC1. The number of aliphatic hydroxyl groups excluding tert-OH is 2. The molecule has 7 nitrogen and oxygen atoms in total. The van der Waals surface area contributed by atoms with E-state index in [2.05, 4.69) is 19.2 Å². The van der Waals surface area contributed by atoms with Crippen LogP contribution in [-0.4, -0.2) is 65.1 Å². The molecule has 2 amide bonds. The number of hydrogen-bond acceptors (Lipinski definition) is 5. The molecule has 0 aromatic rings. The van der Waals surface area contributed by atoms with Crippen LogP contribution in [0.2, 0.25) is 0 Å². The molecule has 200 valence electrons. The van der Waals surface area contributed by atoms with Crippen molar-refractivity contribution in [1.82, 2.24) is 10.2 Å². The molecule has 0 radical (unpaired) electrons. The third kappa shape index (κ3) is 5.51. The van der Waals surface area contributed by atoms with Crippen LogP contribution in [0, 0.1) is 28.6 Å². The van der Waals surface area contributed by atoms with E-state index in [-0.39, 0.29) is 48.0 Å². The predicted octanol–water partition coefficient (Wildman–Crippen LogP) is 4.25. The van der Waals surface area contributed by atoms with Gasteiger partial charge in [-0.25, -0.2) is 4.79 Å². The first kappa shape index (κ1) is 26.7. The molecular formula is C28H48N2O5. The summed E-state index contributed by atoms with van der Waals surface area (Å²) >= 11 is 0. The number of alkyl carbamates (subject to hydrolysis) is 1. The van der Waals surface area contributed by atoms with E-state index in [4.69, 9.17) is 4.74 Å². The Labute approximate surface area is 211 Å². The van der Waals surface area contributed by atoms with Crippen molar-refractivity contribution >= 4 is 12.0 Å². The van der Waals surface area contributed by atoms with Gasteiger partial charge in [0.2, 0.25) is 5.91 Å². The molecular weight excluding hydrogens is 444 g/mol. The standard InChI is InChI=1S/C28H48N2O5/c1-19-12-15-30(16-13-19)25(33)17-21-22(32)9-10-23-27(21,2)14-11-24(28(23,3)18-31)35-26(34)29-20-7-5-4-6-8-20/h19-24,31-32H,4-18H2,1-3H3,(H,29,34). The Hall–Kier alpha value is -1.34. The monoisotopic (exact) mass is 492 g/mol. The summed E-state index contributed by atoms with van der Waals surface area (Å²) in [5, 5.41) is 24.7. The van der Waals surface area contributed by atoms with Crippen molar-refractivity contribution in [2.45, 2.75) is 116 Å². The van der Waals surface area contributed by atoms with Crippen molar-refractivity contribution in [1.29, 1.82) is 0 Å². The van der Waals surface area contributed by atoms with Crippen LogP contribution in [0.1, 0.15) is 97.8 Å². The van der Waals surface area contributed by atoms with Crippen LogP contribution in [0.25, 0.3) is 0 Å². The van der Waals surface area contributed by atoms with Crippen LogP contribution in [0.4, 0.5) is 4.79 Å². The Morgan fingerprint density at radius 1 is 1.00 bits per heavy atom. The molecule has 0 aromatic carbocycles. The van der Waals surface area contributed by atoms with Gasteiger partial charge in [0.05, 0.1) is 12.7 Å². The summed E-state index contributed by atoms with van der Waals surface area (Å²) in [7, 11) is 0. The summed E-state index contributed by atoms with van der Waals surface area (Å²) in [5.74, 6) is 0.746. The lowest BCUT2D eigenvalue weighted by molar-refractivity contribution is -0.187. The molecule has 3 aliphatic carbocycles. The molecule has 6 atom stereocenters. The first-order valence-corrected chi connectivity index (χ1v) is 14.2. The first-order chi connectivity index (χ1) is 16.7. The number of nitrogens with one attached hydrogen (secondary N) is 1. The number of piperidine rings is 1. The van der Waals surface area contributed by atoms with Crippen molar-refractivity contribution in [3.63, 3.8) is 0 Å². The number of amides is 2. The van der Waals surface area contributed by atoms with Crippen molar-refractivity contribution < 1.29 is 24.5 Å². The van der Waals surface area contributed by atoms with Gasteiger partial charge >= 0.3 is 6.09 Å². The second-order valence-electron chi connectivity index (χ2n) is 12.7. The number of ether oxygens (including phenoxy) is 1. The van der Waals surface area contributed by atoms with Gasteiger partial charge in [-0.2, -0.15) is 0 Å². The normalized spacial score (nSPS) is 39.1. The zero-order valence-electron chi connectivity index (χ0n) is 22.1. The van der Waals surface area contributed by atoms with Gasteiger partial charge in [0.15, 0.2) is 0 Å². The van der Waals surface area contributed by atoms with Crippen LogP contribution in [0.3, 0.4) is 0 Å². The number of carbonyl (C=O) groups excluding carboxylic acids is 2. The van der Waals surface area contributed by atoms with E-state index in [9.17, 15) is 19.8 Å². The molecule has 1 saturated heterocycles. The van der Waals surface area contributed by atoms with Gasteiger partial charge in [-0.3, -0.25) is 4.79 Å². The molecule has 4 fully saturated rings. The van der Waals surface area contributed by atoms with Gasteiger partial charge in [-0.05, 0) is 74.5 Å². The topological polar surface area (TPSA) is 99.1 Å². The fourth-order valence-corrected chi connectivity index (χ4v) is 7.93. The van der Waals surface area contributed by atoms with Crippen molar-refractivity contribution in [3.8, 4) is 0 Å². The minimum atomic E-state index is -0.598. The Morgan fingerprint density at radius 2 is 1.69 bits per heavy atom. The fraction of sp³-hybridized carbons (Fsp3) is 0.929. The highest BCUT2D eigenvalue weighted by molar-refractivity contribution is 5.76. The summed E-state index contributed by atoms with van der Waals surface area (Å²) in [6, 6.07) is 0.184. The third-order valence-electron chi connectivity index (χ3n) is 10.4. The number of fused-ring (bicyclic) bond motifs is 1. The molecule has 4 aliphatic rings. The number of likely N-dealkylation sites (tertiary alicyclic amines) is 1. The molecule has 7 heteroatoms. The van der Waals surface area contributed by atoms with E-state index in [1.807, 2.05) is 11.8 Å². The van der Waals surface area contributed by atoms with E-state index < -0.39 is 11.5 Å². The van der Waals surface area contributed by atoms with E-state index in [0.717, 1.165) is 64.5 Å². The average Bonchev–Trinajstić information content (AvgIpc) is 2.84. The summed E-state index contributed by atoms with van der Waals surface area (Å²) in [6.07, 6.45) is 9.51. The Balaban J connectivity index is 1.45. The smallest absolute Gasteiger partial charge is 0.407 e. The largest absolute Gasteiger partial charge is 0.446 e. The van der Waals surface area contributed by atoms with Crippen molar-refractivity contribution in [2.75, 3.05) is 19.7 Å². The second kappa shape index (κ2) is 11.0. The Morgan fingerprint density at radius 3 is 2.34 bits per heavy atom. The van der Waals surface area contributed by atoms with Gasteiger partial charge in [-0.15, -0.1) is 0 Å². The van der Waals surface area contributed by atoms with Gasteiger partial charge < -0.3 is 25.2 Å². The summed E-state index contributed by atoms with van der Waals surface area (Å²) in [6.45, 7) is 8.02. The highest BCUT2D eigenvalue weighted by atomic mass is 16.6. The summed E-state index contributed by atoms with van der Waals surface area (Å²) in [5.41, 5.74) is -0.882. The maximum Gasteiger partial charge on any atom is 0.407 e. The molecule has 4 rings (SSSR count). The van der Waals surface area contributed by atoms with Gasteiger partial charge in [0.1, 0.15) is 6.10 Å². The number of rotatable bonds is 5. The summed E-state index contributed by atoms with van der Waals surface area (Å²) in [4.78, 5) is 28.0. The van der Waals surface area contributed by atoms with Gasteiger partial charge in [-0.1, -0.05) is 40.0 Å². The van der Waals surface area contributed by atoms with Gasteiger partial charge in [0, 0.05) is 31.0 Å². The molecule has 3 saturated carbocycles. The molecule has 0 aromatic heterocycles. The second-order valence-corrected chi connectivity index (χ2v) is 12.7. The van der Waals surface area contributed by atoms with E-state index in [0.29, 0.717) is 25.2 Å². The molecule has 0 spiro atoms. The van der Waals surface area contributed by atoms with E-state index in [1.165, 1.54) is 6.42 Å². The highest BCUT2D eigenvalue weighted by Crippen LogP contribution is 2.61. The van der Waals surface area contributed by atoms with Gasteiger partial charge in [0.25, 0.3) is 0 Å². The first-order valence-electron chi connectivity index (χ1n) is 14.2. The van der Waals surface area contributed by atoms with Crippen LogP contribution in [0.15, 0.2) is 0 Å². The number of carbonyl (C=O) groups is 2. The summed E-state index contributed by atoms with van der Waals surface area (Å²) < 4.78 is 6.00. The quantitative estimate of drug-likeness (QED) is 0.533. The lowest BCUT2D eigenvalue weighted by Crippen LogP contribution is -2.61. The third-order valence-corrected chi connectivity index (χ3v) is 10.4. The fourth-order valence-electron chi connectivity index (χ4n) is 7.93. The number of aliphatic hydroxyl groups is 2. The minimum absolute atomic E-state index is 0.0730. The molecule has 3 N–H and O–H groups in total. The van der Waals surface area contributed by atoms with E-state index in [1.54, 1.807) is 0 Å². The highest BCUT2D eigenvalue weighted by Gasteiger charge is 2.60. The minimum Gasteiger partial charge on any atom is -0.446 e. The van der Waals surface area contributed by atoms with Crippen LogP contribution in [-0.2, 0) is 9.53 Å². The Kier molecular flexibility index (Phi) is 8.36. The Bertz CT molecular complexity index is 748. The predicted molar refractivity (Wildman–Crippen MR) is 135 cm³/mol. The average molecular weight is 493 g/mol. The van der Waals surface area contributed by atoms with E-state index >= 15 is 0 Å². The molecule has 0 bridgehead atoms. The maximum absolute atomic E-state index is 13.3. The number of nitrogens with zero attached hydrogens (tertiary/aromatic N) is 1. The molecule has 1 heterocycles. The lowest BCUT2D eigenvalue weighted by atomic mass is 9.46.